The van der Waals surface area contributed by atoms with Gasteiger partial charge in [0, 0.05) is 13.1 Å². The summed E-state index contributed by atoms with van der Waals surface area (Å²) in [5, 5.41) is 0. The number of piperidine rings is 1. The lowest BCUT2D eigenvalue weighted by molar-refractivity contribution is 0.109. The monoisotopic (exact) mass is 246 g/mol. The van der Waals surface area contributed by atoms with E-state index in [4.69, 9.17) is 5.73 Å². The van der Waals surface area contributed by atoms with Crippen LogP contribution in [-0.4, -0.2) is 18.0 Å². The molecule has 1 fully saturated rings. The smallest absolute Gasteiger partial charge is 0.0233 e. The standard InChI is InChI=1S/C16H26N2/c1-3-16(2)7-9-18(10-8-16)13-15-6-4-5-14(11-15)12-17/h4-6,11H,3,7-10,12-13,17H2,1-2H3. The third-order valence-corrected chi connectivity index (χ3v) is 4.55. The Labute approximate surface area is 111 Å². The lowest BCUT2D eigenvalue weighted by atomic mass is 9.78. The molecule has 100 valence electrons. The highest BCUT2D eigenvalue weighted by Gasteiger charge is 2.27. The third kappa shape index (κ3) is 3.33. The fourth-order valence-corrected chi connectivity index (χ4v) is 2.72. The Morgan fingerprint density at radius 2 is 1.89 bits per heavy atom. The van der Waals surface area contributed by atoms with Crippen molar-refractivity contribution < 1.29 is 0 Å². The van der Waals surface area contributed by atoms with E-state index < -0.39 is 0 Å². The van der Waals surface area contributed by atoms with Crippen molar-refractivity contribution >= 4 is 0 Å². The first-order chi connectivity index (χ1) is 8.65. The third-order valence-electron chi connectivity index (χ3n) is 4.55. The van der Waals surface area contributed by atoms with Crippen molar-refractivity contribution in [3.8, 4) is 0 Å². The summed E-state index contributed by atoms with van der Waals surface area (Å²) in [5.74, 6) is 0. The molecule has 2 rings (SSSR count). The first kappa shape index (κ1) is 13.6. The van der Waals surface area contributed by atoms with E-state index in [1.165, 1.54) is 43.5 Å². The first-order valence-corrected chi connectivity index (χ1v) is 7.15. The van der Waals surface area contributed by atoms with Crippen molar-refractivity contribution in [1.82, 2.24) is 4.90 Å². The molecule has 0 unspecified atom stereocenters. The van der Waals surface area contributed by atoms with Gasteiger partial charge in [0.1, 0.15) is 0 Å². The zero-order valence-electron chi connectivity index (χ0n) is 11.8. The molecule has 1 aromatic rings. The number of benzene rings is 1. The van der Waals surface area contributed by atoms with Crippen LogP contribution in [0.25, 0.3) is 0 Å². The summed E-state index contributed by atoms with van der Waals surface area (Å²) < 4.78 is 0. The van der Waals surface area contributed by atoms with Gasteiger partial charge in [0.2, 0.25) is 0 Å². The quantitative estimate of drug-likeness (QED) is 0.884. The number of likely N-dealkylation sites (tertiary alicyclic amines) is 1. The Bertz CT molecular complexity index is 378. The van der Waals surface area contributed by atoms with Crippen molar-refractivity contribution in [2.24, 2.45) is 11.1 Å². The number of nitrogens with two attached hydrogens (primary N) is 1. The van der Waals surface area contributed by atoms with E-state index >= 15 is 0 Å². The van der Waals surface area contributed by atoms with Crippen molar-refractivity contribution in [3.63, 3.8) is 0 Å². The van der Waals surface area contributed by atoms with Gasteiger partial charge in [-0.25, -0.2) is 0 Å². The second-order valence-corrected chi connectivity index (χ2v) is 5.96. The van der Waals surface area contributed by atoms with Crippen LogP contribution in [0.15, 0.2) is 24.3 Å². The molecule has 0 atom stereocenters. The van der Waals surface area contributed by atoms with Gasteiger partial charge in [-0.3, -0.25) is 4.90 Å². The van der Waals surface area contributed by atoms with Gasteiger partial charge >= 0.3 is 0 Å². The van der Waals surface area contributed by atoms with E-state index in [1.54, 1.807) is 0 Å². The van der Waals surface area contributed by atoms with Gasteiger partial charge in [-0.2, -0.15) is 0 Å². The molecule has 2 heteroatoms. The van der Waals surface area contributed by atoms with Crippen LogP contribution >= 0.6 is 0 Å². The van der Waals surface area contributed by atoms with E-state index in [0.717, 1.165) is 6.54 Å². The molecule has 1 aliphatic heterocycles. The van der Waals surface area contributed by atoms with Crippen LogP contribution in [0.2, 0.25) is 0 Å². The van der Waals surface area contributed by atoms with E-state index in [9.17, 15) is 0 Å². The van der Waals surface area contributed by atoms with Gasteiger partial charge < -0.3 is 5.73 Å². The minimum atomic E-state index is 0.579. The normalized spacial score (nSPS) is 19.9. The number of hydrogen-bond donors (Lipinski definition) is 1. The summed E-state index contributed by atoms with van der Waals surface area (Å²) in [7, 11) is 0. The van der Waals surface area contributed by atoms with Crippen molar-refractivity contribution in [2.45, 2.75) is 46.2 Å². The highest BCUT2D eigenvalue weighted by atomic mass is 15.1. The van der Waals surface area contributed by atoms with Crippen LogP contribution in [0.1, 0.15) is 44.2 Å². The van der Waals surface area contributed by atoms with Gasteiger partial charge in [-0.05, 0) is 42.5 Å². The highest BCUT2D eigenvalue weighted by molar-refractivity contribution is 5.23. The van der Waals surface area contributed by atoms with Crippen molar-refractivity contribution in [3.05, 3.63) is 35.4 Å². The molecule has 0 aliphatic carbocycles. The van der Waals surface area contributed by atoms with Crippen LogP contribution in [-0.2, 0) is 13.1 Å². The molecule has 1 heterocycles. The topological polar surface area (TPSA) is 29.3 Å². The number of nitrogens with zero attached hydrogens (tertiary/aromatic N) is 1. The Kier molecular flexibility index (Phi) is 4.41. The second kappa shape index (κ2) is 5.85. The van der Waals surface area contributed by atoms with E-state index in [2.05, 4.69) is 43.0 Å². The molecule has 0 saturated carbocycles. The molecule has 0 spiro atoms. The molecule has 1 saturated heterocycles. The van der Waals surface area contributed by atoms with E-state index in [1.807, 2.05) is 0 Å². The van der Waals surface area contributed by atoms with Gasteiger partial charge in [0.05, 0.1) is 0 Å². The van der Waals surface area contributed by atoms with Gasteiger partial charge in [-0.15, -0.1) is 0 Å². The Hall–Kier alpha value is -0.860. The minimum absolute atomic E-state index is 0.579. The molecule has 2 N–H and O–H groups in total. The Balaban J connectivity index is 1.91. The molecule has 0 amide bonds. The molecule has 1 aromatic carbocycles. The van der Waals surface area contributed by atoms with Gasteiger partial charge in [0.15, 0.2) is 0 Å². The first-order valence-electron chi connectivity index (χ1n) is 7.15. The van der Waals surface area contributed by atoms with Crippen LogP contribution in [0, 0.1) is 5.41 Å². The average molecular weight is 246 g/mol. The summed E-state index contributed by atoms with van der Waals surface area (Å²) in [6.45, 7) is 8.93. The summed E-state index contributed by atoms with van der Waals surface area (Å²) in [6, 6.07) is 8.69. The van der Waals surface area contributed by atoms with Crippen LogP contribution < -0.4 is 5.73 Å². The maximum absolute atomic E-state index is 5.69. The SMILES string of the molecule is CCC1(C)CCN(Cc2cccc(CN)c2)CC1. The fourth-order valence-electron chi connectivity index (χ4n) is 2.72. The lowest BCUT2D eigenvalue weighted by Crippen LogP contribution is -2.37. The lowest BCUT2D eigenvalue weighted by Gasteiger charge is -2.39. The molecule has 18 heavy (non-hydrogen) atoms. The second-order valence-electron chi connectivity index (χ2n) is 5.96. The summed E-state index contributed by atoms with van der Waals surface area (Å²) in [5.41, 5.74) is 8.91. The van der Waals surface area contributed by atoms with Crippen molar-refractivity contribution in [2.75, 3.05) is 13.1 Å². The summed E-state index contributed by atoms with van der Waals surface area (Å²) in [4.78, 5) is 2.58. The van der Waals surface area contributed by atoms with Crippen LogP contribution in [0.4, 0.5) is 0 Å². The largest absolute Gasteiger partial charge is 0.326 e. The molecular weight excluding hydrogens is 220 g/mol. The Morgan fingerprint density at radius 3 is 2.50 bits per heavy atom. The van der Waals surface area contributed by atoms with Gasteiger partial charge in [-0.1, -0.05) is 44.5 Å². The van der Waals surface area contributed by atoms with Gasteiger partial charge in [0.25, 0.3) is 0 Å². The highest BCUT2D eigenvalue weighted by Crippen LogP contribution is 2.34. The predicted octanol–water partition coefficient (Wildman–Crippen LogP) is 3.16. The van der Waals surface area contributed by atoms with Crippen LogP contribution in [0.5, 0.6) is 0 Å². The number of rotatable bonds is 4. The minimum Gasteiger partial charge on any atom is -0.326 e. The zero-order valence-corrected chi connectivity index (χ0v) is 11.8. The van der Waals surface area contributed by atoms with E-state index in [0.29, 0.717) is 12.0 Å². The van der Waals surface area contributed by atoms with E-state index in [-0.39, 0.29) is 0 Å². The summed E-state index contributed by atoms with van der Waals surface area (Å²) in [6.07, 6.45) is 3.98. The maximum atomic E-state index is 5.69. The average Bonchev–Trinajstić information content (AvgIpc) is 2.42. The van der Waals surface area contributed by atoms with Crippen molar-refractivity contribution in [1.29, 1.82) is 0 Å². The Morgan fingerprint density at radius 1 is 1.22 bits per heavy atom. The molecule has 0 radical (unpaired) electrons. The molecular formula is C16H26N2. The zero-order chi connectivity index (χ0) is 13.0. The molecule has 0 aromatic heterocycles. The molecule has 1 aliphatic rings. The molecule has 2 nitrogen and oxygen atoms in total. The molecule has 0 bridgehead atoms. The van der Waals surface area contributed by atoms with Crippen LogP contribution in [0.3, 0.4) is 0 Å². The fraction of sp³-hybridized carbons (Fsp3) is 0.625. The number of hydrogen-bond acceptors (Lipinski definition) is 2. The maximum Gasteiger partial charge on any atom is 0.0233 e. The predicted molar refractivity (Wildman–Crippen MR) is 77.2 cm³/mol. The summed E-state index contributed by atoms with van der Waals surface area (Å²) >= 11 is 0.